The predicted octanol–water partition coefficient (Wildman–Crippen LogP) is 5.53. The van der Waals surface area contributed by atoms with Crippen molar-refractivity contribution < 1.29 is 32.4 Å². The van der Waals surface area contributed by atoms with Crippen molar-refractivity contribution in [2.24, 2.45) is 0 Å². The normalized spacial score (nSPS) is 12.9. The van der Waals surface area contributed by atoms with E-state index in [4.69, 9.17) is 9.26 Å². The largest absolute Gasteiger partial charge is 0.453 e. The molecule has 2 atom stereocenters. The number of hydrogen-bond donors (Lipinski definition) is 2. The second kappa shape index (κ2) is 16.8. The van der Waals surface area contributed by atoms with Crippen molar-refractivity contribution in [3.8, 4) is 0 Å². The molecule has 6 aromatic rings. The van der Waals surface area contributed by atoms with Crippen molar-refractivity contribution in [3.05, 3.63) is 143 Å². The number of ether oxygens (including phenoxy) is 1. The summed E-state index contributed by atoms with van der Waals surface area (Å²) >= 11 is 1.33. The highest BCUT2D eigenvalue weighted by Gasteiger charge is 2.34. The Hall–Kier alpha value is -5.28. The summed E-state index contributed by atoms with van der Waals surface area (Å²) in [6, 6.07) is 25.3. The van der Waals surface area contributed by atoms with Gasteiger partial charge in [-0.3, -0.25) is 9.78 Å². The molecular formula is C38H37N5O7S2. The fourth-order valence-corrected chi connectivity index (χ4v) is 8.70. The summed E-state index contributed by atoms with van der Waals surface area (Å²) in [6.45, 7) is -0.568. The lowest BCUT2D eigenvalue weighted by atomic mass is 9.81. The van der Waals surface area contributed by atoms with E-state index >= 15 is 0 Å². The highest BCUT2D eigenvalue weighted by Crippen LogP contribution is 2.31. The first kappa shape index (κ1) is 36.5. The molecular weight excluding hydrogens is 703 g/mol. The number of aryl methyl sites for hydroxylation is 1. The van der Waals surface area contributed by atoms with Gasteiger partial charge in [0.15, 0.2) is 5.78 Å². The third kappa shape index (κ3) is 8.43. The Kier molecular flexibility index (Phi) is 11.8. The van der Waals surface area contributed by atoms with Gasteiger partial charge in [0, 0.05) is 42.4 Å². The molecule has 14 heteroatoms. The predicted molar refractivity (Wildman–Crippen MR) is 195 cm³/mol. The number of aliphatic hydroxyl groups excluding tert-OH is 1. The molecule has 3 aromatic carbocycles. The first-order chi connectivity index (χ1) is 25.3. The number of methoxy groups -OCH3 is 1. The number of carbonyl (C=O) groups excluding carboxylic acids is 2. The van der Waals surface area contributed by atoms with Crippen LogP contribution in [-0.2, 0) is 38.9 Å². The van der Waals surface area contributed by atoms with Crippen LogP contribution in [0, 0.1) is 0 Å². The number of rotatable bonds is 16. The number of Topliss-reactive ketones (excluding diaryl/α,β-unsaturated/α-hetero) is 1. The van der Waals surface area contributed by atoms with Crippen molar-refractivity contribution in [2.45, 2.75) is 48.7 Å². The summed E-state index contributed by atoms with van der Waals surface area (Å²) in [7, 11) is -2.87. The van der Waals surface area contributed by atoms with Crippen molar-refractivity contribution in [1.82, 2.24) is 24.7 Å². The summed E-state index contributed by atoms with van der Waals surface area (Å²) in [5, 5.41) is 17.2. The number of alkyl carbamates (subject to hydrolysis) is 1. The number of carbonyl (C=O) groups is 2. The van der Waals surface area contributed by atoms with Crippen LogP contribution in [0.4, 0.5) is 4.79 Å². The van der Waals surface area contributed by atoms with Crippen LogP contribution in [-0.4, -0.2) is 70.6 Å². The number of nitrogens with one attached hydrogen (secondary N) is 1. The molecule has 0 bridgehead atoms. The van der Waals surface area contributed by atoms with Gasteiger partial charge in [-0.1, -0.05) is 71.9 Å². The highest BCUT2D eigenvalue weighted by atomic mass is 32.2. The van der Waals surface area contributed by atoms with Crippen LogP contribution in [0.2, 0.25) is 0 Å². The first-order valence-corrected chi connectivity index (χ1v) is 18.8. The number of benzene rings is 3. The molecule has 0 radical (unpaired) electrons. The number of fused-ring (bicyclic) bond motifs is 1. The number of aromatic nitrogens is 3. The SMILES string of the molecule is COC(=O)N[C@H](C(=O)Cc1cccnc1CC[C@@H](CO)N(Cc1cnoc1)S(=O)(=O)c1ccc2ncsc2c1)C(c1ccccc1)c1ccccc1. The minimum absolute atomic E-state index is 0.0683. The maximum absolute atomic E-state index is 14.3. The zero-order valence-electron chi connectivity index (χ0n) is 28.2. The molecule has 0 aliphatic carbocycles. The van der Waals surface area contributed by atoms with E-state index in [0.29, 0.717) is 22.3 Å². The van der Waals surface area contributed by atoms with E-state index in [9.17, 15) is 23.1 Å². The number of aliphatic hydroxyl groups is 1. The number of sulfonamides is 1. The second-order valence-electron chi connectivity index (χ2n) is 12.1. The Morgan fingerprint density at radius 2 is 1.71 bits per heavy atom. The lowest BCUT2D eigenvalue weighted by Gasteiger charge is -2.30. The van der Waals surface area contributed by atoms with Crippen molar-refractivity contribution in [1.29, 1.82) is 0 Å². The lowest BCUT2D eigenvalue weighted by molar-refractivity contribution is -0.120. The van der Waals surface area contributed by atoms with Gasteiger partial charge < -0.3 is 19.7 Å². The Morgan fingerprint density at radius 1 is 0.981 bits per heavy atom. The average molecular weight is 740 g/mol. The Balaban J connectivity index is 1.27. The van der Waals surface area contributed by atoms with Crippen molar-refractivity contribution >= 4 is 43.5 Å². The molecule has 268 valence electrons. The smallest absolute Gasteiger partial charge is 0.407 e. The molecule has 0 unspecified atom stereocenters. The van der Waals surface area contributed by atoms with Gasteiger partial charge in [-0.25, -0.2) is 18.2 Å². The average Bonchev–Trinajstić information content (AvgIpc) is 3.88. The van der Waals surface area contributed by atoms with Gasteiger partial charge >= 0.3 is 6.09 Å². The molecule has 3 aromatic heterocycles. The zero-order valence-corrected chi connectivity index (χ0v) is 29.9. The molecule has 0 saturated carbocycles. The van der Waals surface area contributed by atoms with Crippen LogP contribution < -0.4 is 5.32 Å². The molecule has 0 aliphatic heterocycles. The summed E-state index contributed by atoms with van der Waals surface area (Å²) in [6.07, 6.45) is 4.02. The molecule has 0 aliphatic rings. The number of amides is 1. The summed E-state index contributed by atoms with van der Waals surface area (Å²) in [4.78, 5) is 35.8. The van der Waals surface area contributed by atoms with Crippen molar-refractivity contribution in [3.63, 3.8) is 0 Å². The molecule has 1 amide bonds. The molecule has 0 fully saturated rings. The van der Waals surface area contributed by atoms with E-state index in [1.54, 1.807) is 36.0 Å². The third-order valence-corrected chi connectivity index (χ3v) is 11.6. The topological polar surface area (TPSA) is 165 Å². The van der Waals surface area contributed by atoms with E-state index in [1.165, 1.54) is 41.3 Å². The van der Waals surface area contributed by atoms with E-state index < -0.39 is 40.7 Å². The molecule has 3 heterocycles. The summed E-state index contributed by atoms with van der Waals surface area (Å²) in [5.74, 6) is -0.792. The van der Waals surface area contributed by atoms with Crippen molar-refractivity contribution in [2.75, 3.05) is 13.7 Å². The Morgan fingerprint density at radius 3 is 2.37 bits per heavy atom. The molecule has 0 spiro atoms. The van der Waals surface area contributed by atoms with Crippen LogP contribution in [0.1, 0.15) is 40.3 Å². The standard InChI is InChI=1S/C38H37N5O7S2/c1-49-38(46)42-37(36(27-9-4-2-5-10-27)28-11-6-3-7-12-28)34(45)19-29-13-8-18-39-32(29)16-14-30(23-44)43(22-26-21-41-50-24-26)52(47,48)31-15-17-33-35(20-31)51-25-40-33/h2-13,15,17-18,20-21,24-25,30,36-37,44H,14,16,19,22-23H2,1H3,(H,42,46)/t30-,37+/m0/s1. The monoisotopic (exact) mass is 739 g/mol. The zero-order chi connectivity index (χ0) is 36.5. The molecule has 12 nitrogen and oxygen atoms in total. The van der Waals surface area contributed by atoms with Crippen LogP contribution in [0.15, 0.2) is 125 Å². The number of nitrogens with zero attached hydrogens (tertiary/aromatic N) is 4. The number of pyridine rings is 1. The van der Waals surface area contributed by atoms with Gasteiger partial charge in [-0.15, -0.1) is 11.3 Å². The van der Waals surface area contributed by atoms with Gasteiger partial charge in [0.1, 0.15) is 12.3 Å². The second-order valence-corrected chi connectivity index (χ2v) is 14.9. The fraction of sp³-hybridized carbons (Fsp3) is 0.237. The van der Waals surface area contributed by atoms with E-state index in [-0.39, 0.29) is 36.5 Å². The highest BCUT2D eigenvalue weighted by molar-refractivity contribution is 7.89. The van der Waals surface area contributed by atoms with Gasteiger partial charge in [0.05, 0.1) is 40.5 Å². The van der Waals surface area contributed by atoms with Gasteiger partial charge in [-0.05, 0) is 53.8 Å². The molecule has 52 heavy (non-hydrogen) atoms. The van der Waals surface area contributed by atoms with Gasteiger partial charge in [-0.2, -0.15) is 4.31 Å². The molecule has 6 rings (SSSR count). The fourth-order valence-electron chi connectivity index (χ4n) is 6.24. The molecule has 0 saturated heterocycles. The van der Waals surface area contributed by atoms with E-state index in [2.05, 4.69) is 20.4 Å². The maximum atomic E-state index is 14.3. The van der Waals surface area contributed by atoms with Gasteiger partial charge in [0.25, 0.3) is 0 Å². The number of ketones is 1. The Bertz CT molecular complexity index is 2160. The number of hydrogen-bond acceptors (Lipinski definition) is 11. The van der Waals surface area contributed by atoms with Crippen LogP contribution in [0.5, 0.6) is 0 Å². The van der Waals surface area contributed by atoms with Crippen LogP contribution >= 0.6 is 11.3 Å². The van der Waals surface area contributed by atoms with Gasteiger partial charge in [0.2, 0.25) is 10.0 Å². The number of thiazole rings is 1. The summed E-state index contributed by atoms with van der Waals surface area (Å²) < 4.78 is 40.2. The van der Waals surface area contributed by atoms with Crippen LogP contribution in [0.3, 0.4) is 0 Å². The quantitative estimate of drug-likeness (QED) is 0.129. The lowest BCUT2D eigenvalue weighted by Crippen LogP contribution is -2.46. The first-order valence-electron chi connectivity index (χ1n) is 16.5. The van der Waals surface area contributed by atoms with E-state index in [0.717, 1.165) is 15.8 Å². The van der Waals surface area contributed by atoms with Crippen LogP contribution in [0.25, 0.3) is 10.2 Å². The maximum Gasteiger partial charge on any atom is 0.407 e. The third-order valence-electron chi connectivity index (χ3n) is 8.87. The minimum atomic E-state index is -4.12. The Labute approximate surface area is 305 Å². The minimum Gasteiger partial charge on any atom is -0.453 e. The summed E-state index contributed by atoms with van der Waals surface area (Å²) in [5.41, 5.74) is 5.71. The molecule has 2 N–H and O–H groups in total. The van der Waals surface area contributed by atoms with E-state index in [1.807, 2.05) is 60.7 Å².